The minimum atomic E-state index is -0.429. The SMILES string of the molecule is CCOC(=O)c1cnc(N(C)Cc2cc3nc(-c4ccc(Cl)cc4)nc(N4CCOCC4)c3s2)nc1. The van der Waals surface area contributed by atoms with E-state index in [0.29, 0.717) is 48.7 Å². The van der Waals surface area contributed by atoms with Crippen LogP contribution in [0, 0.1) is 0 Å². The monoisotopic (exact) mass is 524 g/mol. The maximum Gasteiger partial charge on any atom is 0.341 e. The highest BCUT2D eigenvalue weighted by Crippen LogP contribution is 2.35. The number of benzene rings is 1. The predicted octanol–water partition coefficient (Wildman–Crippen LogP) is 4.45. The highest BCUT2D eigenvalue weighted by Gasteiger charge is 2.21. The molecule has 1 aliphatic heterocycles. The minimum absolute atomic E-state index is 0.307. The highest BCUT2D eigenvalue weighted by atomic mass is 35.5. The average molecular weight is 525 g/mol. The molecule has 5 rings (SSSR count). The first-order valence-corrected chi connectivity index (χ1v) is 12.8. The van der Waals surface area contributed by atoms with Crippen molar-refractivity contribution in [3.05, 3.63) is 58.2 Å². The van der Waals surface area contributed by atoms with Crippen LogP contribution in [0.5, 0.6) is 0 Å². The molecule has 0 atom stereocenters. The molecule has 3 aromatic heterocycles. The summed E-state index contributed by atoms with van der Waals surface area (Å²) in [6.45, 7) is 5.54. The number of carbonyl (C=O) groups is 1. The molecule has 0 N–H and O–H groups in total. The number of halogens is 1. The molecular formula is C25H25ClN6O3S. The Bertz CT molecular complexity index is 1360. The normalized spacial score (nSPS) is 13.7. The lowest BCUT2D eigenvalue weighted by molar-refractivity contribution is 0.0525. The summed E-state index contributed by atoms with van der Waals surface area (Å²) in [4.78, 5) is 35.7. The standard InChI is InChI=1S/C25H25ClN6O3S/c1-3-35-24(33)17-13-27-25(28-14-17)31(2)15-19-12-20-21(36-19)23(32-8-10-34-11-9-32)30-22(29-20)16-4-6-18(26)7-5-16/h4-7,12-14H,3,8-11,15H2,1-2H3. The molecule has 1 fully saturated rings. The van der Waals surface area contributed by atoms with Crippen LogP contribution < -0.4 is 9.80 Å². The molecule has 0 saturated carbocycles. The number of fused-ring (bicyclic) bond motifs is 1. The van der Waals surface area contributed by atoms with E-state index in [2.05, 4.69) is 20.9 Å². The van der Waals surface area contributed by atoms with Crippen molar-refractivity contribution in [2.45, 2.75) is 13.5 Å². The largest absolute Gasteiger partial charge is 0.462 e. The number of thiophene rings is 1. The van der Waals surface area contributed by atoms with Crippen LogP contribution in [0.15, 0.2) is 42.7 Å². The van der Waals surface area contributed by atoms with Gasteiger partial charge in [0.2, 0.25) is 5.95 Å². The van der Waals surface area contributed by atoms with Crippen LogP contribution in [0.4, 0.5) is 11.8 Å². The third-order valence-corrected chi connectivity index (χ3v) is 7.06. The molecule has 0 unspecified atom stereocenters. The lowest BCUT2D eigenvalue weighted by atomic mass is 10.2. The Morgan fingerprint density at radius 3 is 2.58 bits per heavy atom. The summed E-state index contributed by atoms with van der Waals surface area (Å²) in [6, 6.07) is 9.66. The smallest absolute Gasteiger partial charge is 0.341 e. The molecular weight excluding hydrogens is 500 g/mol. The Balaban J connectivity index is 1.45. The van der Waals surface area contributed by atoms with Crippen molar-refractivity contribution >= 4 is 50.9 Å². The van der Waals surface area contributed by atoms with Crippen molar-refractivity contribution in [1.29, 1.82) is 0 Å². The lowest BCUT2D eigenvalue weighted by Crippen LogP contribution is -2.36. The summed E-state index contributed by atoms with van der Waals surface area (Å²) in [5.74, 6) is 1.67. The van der Waals surface area contributed by atoms with Gasteiger partial charge >= 0.3 is 5.97 Å². The summed E-state index contributed by atoms with van der Waals surface area (Å²) in [5.41, 5.74) is 2.13. The molecule has 11 heteroatoms. The summed E-state index contributed by atoms with van der Waals surface area (Å²) in [7, 11) is 1.91. The van der Waals surface area contributed by atoms with Gasteiger partial charge in [0, 0.05) is 48.0 Å². The highest BCUT2D eigenvalue weighted by molar-refractivity contribution is 7.19. The Hall–Kier alpha value is -3.34. The van der Waals surface area contributed by atoms with E-state index in [1.165, 1.54) is 12.4 Å². The Kier molecular flexibility index (Phi) is 7.26. The number of hydrogen-bond acceptors (Lipinski definition) is 10. The summed E-state index contributed by atoms with van der Waals surface area (Å²) < 4.78 is 11.6. The van der Waals surface area contributed by atoms with E-state index in [0.717, 1.165) is 39.6 Å². The molecule has 1 aromatic carbocycles. The van der Waals surface area contributed by atoms with Gasteiger partial charge < -0.3 is 19.3 Å². The van der Waals surface area contributed by atoms with E-state index in [9.17, 15) is 4.79 Å². The van der Waals surface area contributed by atoms with Crippen LogP contribution in [0.3, 0.4) is 0 Å². The summed E-state index contributed by atoms with van der Waals surface area (Å²) in [6.07, 6.45) is 2.98. The molecule has 36 heavy (non-hydrogen) atoms. The number of anilines is 2. The molecule has 0 radical (unpaired) electrons. The molecule has 0 amide bonds. The zero-order valence-electron chi connectivity index (χ0n) is 20.0. The maximum atomic E-state index is 11.9. The Labute approximate surface area is 217 Å². The number of hydrogen-bond donors (Lipinski definition) is 0. The van der Waals surface area contributed by atoms with E-state index < -0.39 is 5.97 Å². The van der Waals surface area contributed by atoms with Gasteiger partial charge in [-0.15, -0.1) is 11.3 Å². The van der Waals surface area contributed by atoms with Crippen molar-refractivity contribution in [1.82, 2.24) is 19.9 Å². The van der Waals surface area contributed by atoms with Gasteiger partial charge in [-0.1, -0.05) is 11.6 Å². The third-order valence-electron chi connectivity index (χ3n) is 5.70. The first-order valence-electron chi connectivity index (χ1n) is 11.6. The number of rotatable bonds is 7. The van der Waals surface area contributed by atoms with Crippen molar-refractivity contribution < 1.29 is 14.3 Å². The van der Waals surface area contributed by atoms with Crippen LogP contribution in [0.25, 0.3) is 21.6 Å². The predicted molar refractivity (Wildman–Crippen MR) is 141 cm³/mol. The average Bonchev–Trinajstić information content (AvgIpc) is 3.31. The van der Waals surface area contributed by atoms with Gasteiger partial charge in [-0.2, -0.15) is 0 Å². The Morgan fingerprint density at radius 2 is 1.89 bits per heavy atom. The van der Waals surface area contributed by atoms with E-state index >= 15 is 0 Å². The van der Waals surface area contributed by atoms with Crippen LogP contribution in [-0.4, -0.2) is 65.9 Å². The van der Waals surface area contributed by atoms with Gasteiger partial charge in [-0.25, -0.2) is 24.7 Å². The van der Waals surface area contributed by atoms with Crippen LogP contribution in [-0.2, 0) is 16.0 Å². The molecule has 0 spiro atoms. The van der Waals surface area contributed by atoms with Gasteiger partial charge in [0.15, 0.2) is 11.6 Å². The van der Waals surface area contributed by atoms with Crippen LogP contribution in [0.1, 0.15) is 22.2 Å². The zero-order chi connectivity index (χ0) is 25.1. The molecule has 4 aromatic rings. The molecule has 1 saturated heterocycles. The molecule has 186 valence electrons. The molecule has 0 bridgehead atoms. The first kappa shape index (κ1) is 24.4. The fraction of sp³-hybridized carbons (Fsp3) is 0.320. The number of morpholine rings is 1. The second-order valence-corrected chi connectivity index (χ2v) is 9.83. The lowest BCUT2D eigenvalue weighted by Gasteiger charge is -2.28. The van der Waals surface area contributed by atoms with Crippen molar-refractivity contribution in [3.8, 4) is 11.4 Å². The fourth-order valence-electron chi connectivity index (χ4n) is 3.90. The van der Waals surface area contributed by atoms with Gasteiger partial charge in [-0.3, -0.25) is 0 Å². The Morgan fingerprint density at radius 1 is 1.17 bits per heavy atom. The molecule has 4 heterocycles. The number of carbonyl (C=O) groups excluding carboxylic acids is 1. The number of nitrogens with zero attached hydrogens (tertiary/aromatic N) is 6. The van der Waals surface area contributed by atoms with Gasteiger partial charge in [0.25, 0.3) is 0 Å². The quantitative estimate of drug-likeness (QED) is 0.325. The van der Waals surface area contributed by atoms with E-state index in [1.807, 2.05) is 36.2 Å². The van der Waals surface area contributed by atoms with Crippen molar-refractivity contribution in [2.24, 2.45) is 0 Å². The third kappa shape index (κ3) is 5.25. The number of ether oxygens (including phenoxy) is 2. The van der Waals surface area contributed by atoms with Gasteiger partial charge in [0.1, 0.15) is 0 Å². The van der Waals surface area contributed by atoms with E-state index in [1.54, 1.807) is 18.3 Å². The second kappa shape index (κ2) is 10.7. The molecule has 9 nitrogen and oxygen atoms in total. The molecule has 0 aliphatic carbocycles. The van der Waals surface area contributed by atoms with Crippen LogP contribution in [0.2, 0.25) is 5.02 Å². The molecule has 1 aliphatic rings. The van der Waals surface area contributed by atoms with E-state index in [-0.39, 0.29) is 0 Å². The van der Waals surface area contributed by atoms with Crippen molar-refractivity contribution in [2.75, 3.05) is 49.8 Å². The first-order chi connectivity index (χ1) is 17.5. The summed E-state index contributed by atoms with van der Waals surface area (Å²) >= 11 is 7.75. The van der Waals surface area contributed by atoms with Gasteiger partial charge in [0.05, 0.1) is 42.1 Å². The van der Waals surface area contributed by atoms with Crippen molar-refractivity contribution in [3.63, 3.8) is 0 Å². The maximum absolute atomic E-state index is 11.9. The number of aromatic nitrogens is 4. The second-order valence-electron chi connectivity index (χ2n) is 8.25. The zero-order valence-corrected chi connectivity index (χ0v) is 21.6. The topological polar surface area (TPSA) is 93.6 Å². The van der Waals surface area contributed by atoms with Gasteiger partial charge in [-0.05, 0) is 37.3 Å². The number of esters is 1. The summed E-state index contributed by atoms with van der Waals surface area (Å²) in [5, 5.41) is 0.673. The van der Waals surface area contributed by atoms with E-state index in [4.69, 9.17) is 31.0 Å². The fourth-order valence-corrected chi connectivity index (χ4v) is 5.19. The van der Waals surface area contributed by atoms with Crippen LogP contribution >= 0.6 is 22.9 Å². The minimum Gasteiger partial charge on any atom is -0.462 e.